The molecular weight excluding hydrogens is 535 g/mol. The van der Waals surface area contributed by atoms with Crippen molar-refractivity contribution in [2.45, 2.75) is 38.3 Å². The zero-order valence-electron chi connectivity index (χ0n) is 20.8. The molecule has 0 radical (unpaired) electrons. The number of rotatable bonds is 8. The second-order valence-corrected chi connectivity index (χ2v) is 11.5. The van der Waals surface area contributed by atoms with Gasteiger partial charge >= 0.3 is 16.6 Å². The van der Waals surface area contributed by atoms with Gasteiger partial charge in [0, 0.05) is 50.2 Å². The second-order valence-electron chi connectivity index (χ2n) is 9.67. The monoisotopic (exact) mass is 561 g/mol. The quantitative estimate of drug-likeness (QED) is 0.322. The minimum absolute atomic E-state index is 0.0811. The highest BCUT2D eigenvalue weighted by atomic mass is 32.2. The predicted octanol–water partition coefficient (Wildman–Crippen LogP) is 3.88. The molecule has 1 aromatic carbocycles. The highest BCUT2D eigenvalue weighted by Gasteiger charge is 2.36. The second kappa shape index (κ2) is 10.2. The average molecular weight is 562 g/mol. The van der Waals surface area contributed by atoms with Crippen LogP contribution in [0, 0.1) is 5.82 Å². The third kappa shape index (κ3) is 5.11. The molecule has 1 saturated heterocycles. The Morgan fingerprint density at radius 3 is 2.54 bits per heavy atom. The normalized spacial score (nSPS) is 17.6. The van der Waals surface area contributed by atoms with E-state index >= 15 is 0 Å². The van der Waals surface area contributed by atoms with E-state index in [-0.39, 0.29) is 18.1 Å². The van der Waals surface area contributed by atoms with E-state index in [0.717, 1.165) is 12.8 Å². The third-order valence-electron chi connectivity index (χ3n) is 7.26. The van der Waals surface area contributed by atoms with Crippen LogP contribution in [0.15, 0.2) is 53.2 Å². The van der Waals surface area contributed by atoms with Gasteiger partial charge in [0.1, 0.15) is 11.5 Å². The van der Waals surface area contributed by atoms with Crippen LogP contribution in [0.25, 0.3) is 17.1 Å². The Hall–Kier alpha value is -3.49. The summed E-state index contributed by atoms with van der Waals surface area (Å²) in [7, 11) is -4.00. The molecule has 2 aliphatic rings. The summed E-state index contributed by atoms with van der Waals surface area (Å²) < 4.78 is 76.9. The van der Waals surface area contributed by atoms with Crippen LogP contribution in [0.5, 0.6) is 0 Å². The van der Waals surface area contributed by atoms with E-state index in [9.17, 15) is 21.6 Å². The molecule has 0 amide bonds. The van der Waals surface area contributed by atoms with Crippen LogP contribution in [-0.2, 0) is 16.8 Å². The molecule has 1 saturated carbocycles. The van der Waals surface area contributed by atoms with Gasteiger partial charge < -0.3 is 8.82 Å². The van der Waals surface area contributed by atoms with Gasteiger partial charge in [0.25, 0.3) is 5.89 Å². The number of benzene rings is 1. The van der Waals surface area contributed by atoms with Crippen molar-refractivity contribution in [3.8, 4) is 11.5 Å². The van der Waals surface area contributed by atoms with Crippen molar-refractivity contribution in [2.75, 3.05) is 30.5 Å². The Labute approximate surface area is 222 Å². The maximum absolute atomic E-state index is 14.2. The molecule has 206 valence electrons. The van der Waals surface area contributed by atoms with Gasteiger partial charge in [-0.1, -0.05) is 12.5 Å². The van der Waals surface area contributed by atoms with E-state index < -0.39 is 28.3 Å². The summed E-state index contributed by atoms with van der Waals surface area (Å²) in [6.45, 7) is 1.87. The Bertz CT molecular complexity index is 1580. The SMILES string of the molecule is O=S(=O)(N1CCN(C2CCC2)CC1)N(Cc1cn2ccc(-c3nnc(C(F)F)o3)cc2n1)c1cccc(F)c1. The number of nitrogens with zero attached hydrogens (tertiary/aromatic N) is 7. The van der Waals surface area contributed by atoms with Crippen molar-refractivity contribution in [3.63, 3.8) is 0 Å². The Morgan fingerprint density at radius 2 is 1.87 bits per heavy atom. The fraction of sp³-hybridized carbons (Fsp3) is 0.400. The number of pyridine rings is 1. The molecule has 1 aliphatic carbocycles. The van der Waals surface area contributed by atoms with Crippen molar-refractivity contribution in [1.29, 1.82) is 0 Å². The number of alkyl halides is 2. The van der Waals surface area contributed by atoms with E-state index in [1.165, 1.54) is 33.2 Å². The summed E-state index contributed by atoms with van der Waals surface area (Å²) in [4.78, 5) is 6.88. The number of hydrogen-bond donors (Lipinski definition) is 0. The van der Waals surface area contributed by atoms with Crippen molar-refractivity contribution in [2.24, 2.45) is 0 Å². The molecule has 2 fully saturated rings. The summed E-state index contributed by atoms with van der Waals surface area (Å²) in [6, 6.07) is 9.18. The maximum atomic E-state index is 14.2. The van der Waals surface area contributed by atoms with Crippen LogP contribution in [0.3, 0.4) is 0 Å². The number of piperazine rings is 1. The maximum Gasteiger partial charge on any atom is 0.314 e. The van der Waals surface area contributed by atoms with Gasteiger partial charge in [0.2, 0.25) is 5.89 Å². The molecule has 10 nitrogen and oxygen atoms in total. The Balaban J connectivity index is 1.28. The van der Waals surface area contributed by atoms with Gasteiger partial charge in [-0.2, -0.15) is 21.5 Å². The molecule has 39 heavy (non-hydrogen) atoms. The number of aromatic nitrogens is 4. The molecule has 4 heterocycles. The molecule has 14 heteroatoms. The van der Waals surface area contributed by atoms with Crippen molar-refractivity contribution in [3.05, 3.63) is 66.2 Å². The smallest absolute Gasteiger partial charge is 0.314 e. The van der Waals surface area contributed by atoms with E-state index in [4.69, 9.17) is 4.42 Å². The number of anilines is 1. The fourth-order valence-corrected chi connectivity index (χ4v) is 6.54. The summed E-state index contributed by atoms with van der Waals surface area (Å²) in [5, 5.41) is 7.01. The van der Waals surface area contributed by atoms with Crippen LogP contribution in [-0.4, -0.2) is 69.4 Å². The first kappa shape index (κ1) is 25.8. The highest BCUT2D eigenvalue weighted by Crippen LogP contribution is 2.29. The minimum atomic E-state index is -4.00. The molecule has 3 aromatic heterocycles. The van der Waals surface area contributed by atoms with Crippen LogP contribution >= 0.6 is 0 Å². The van der Waals surface area contributed by atoms with Gasteiger partial charge in [-0.3, -0.25) is 9.21 Å². The van der Waals surface area contributed by atoms with Gasteiger partial charge in [-0.25, -0.2) is 9.37 Å². The largest absolute Gasteiger partial charge is 0.415 e. The minimum Gasteiger partial charge on any atom is -0.415 e. The zero-order chi connectivity index (χ0) is 27.1. The highest BCUT2D eigenvalue weighted by molar-refractivity contribution is 7.90. The van der Waals surface area contributed by atoms with Crippen LogP contribution < -0.4 is 4.31 Å². The number of halogens is 3. The van der Waals surface area contributed by atoms with E-state index in [1.54, 1.807) is 35.0 Å². The summed E-state index contributed by atoms with van der Waals surface area (Å²) in [6.07, 6.45) is 3.92. The lowest BCUT2D eigenvalue weighted by Gasteiger charge is -2.43. The van der Waals surface area contributed by atoms with Crippen molar-refractivity contribution < 1.29 is 26.0 Å². The molecule has 0 bridgehead atoms. The molecular formula is C25H26F3N7O3S. The first-order chi connectivity index (χ1) is 18.8. The lowest BCUT2D eigenvalue weighted by Crippen LogP contribution is -2.56. The van der Waals surface area contributed by atoms with Crippen molar-refractivity contribution in [1.82, 2.24) is 28.8 Å². The molecule has 0 unspecified atom stereocenters. The zero-order valence-corrected chi connectivity index (χ0v) is 21.6. The van der Waals surface area contributed by atoms with E-state index in [1.807, 2.05) is 0 Å². The van der Waals surface area contributed by atoms with Gasteiger partial charge in [0.15, 0.2) is 0 Å². The molecule has 6 rings (SSSR count). The topological polar surface area (TPSA) is 100 Å². The Kier molecular flexibility index (Phi) is 6.77. The third-order valence-corrected chi connectivity index (χ3v) is 9.17. The molecule has 0 atom stereocenters. The van der Waals surface area contributed by atoms with Crippen molar-refractivity contribution >= 4 is 21.5 Å². The first-order valence-electron chi connectivity index (χ1n) is 12.6. The van der Waals surface area contributed by atoms with Gasteiger partial charge in [0.05, 0.1) is 17.9 Å². The average Bonchev–Trinajstić information content (AvgIpc) is 3.53. The lowest BCUT2D eigenvalue weighted by molar-refractivity contribution is 0.0888. The van der Waals surface area contributed by atoms with E-state index in [2.05, 4.69) is 20.1 Å². The van der Waals surface area contributed by atoms with Gasteiger partial charge in [-0.15, -0.1) is 10.2 Å². The number of hydrogen-bond acceptors (Lipinski definition) is 7. The number of imidazole rings is 1. The lowest BCUT2D eigenvalue weighted by atomic mass is 9.91. The number of fused-ring (bicyclic) bond motifs is 1. The molecule has 4 aromatic rings. The van der Waals surface area contributed by atoms with Crippen LogP contribution in [0.2, 0.25) is 0 Å². The van der Waals surface area contributed by atoms with Gasteiger partial charge in [-0.05, 0) is 43.2 Å². The predicted molar refractivity (Wildman–Crippen MR) is 136 cm³/mol. The molecule has 0 spiro atoms. The molecule has 1 aliphatic heterocycles. The van der Waals surface area contributed by atoms with Crippen LogP contribution in [0.4, 0.5) is 18.9 Å². The van der Waals surface area contributed by atoms with Crippen LogP contribution in [0.1, 0.15) is 37.3 Å². The summed E-state index contributed by atoms with van der Waals surface area (Å²) >= 11 is 0. The fourth-order valence-electron chi connectivity index (χ4n) is 4.96. The molecule has 0 N–H and O–H groups in total. The standard InChI is InChI=1S/C25H26F3N7O3S/c26-18-3-1-6-21(14-18)35(39(36,37)34-11-9-32(10-12-34)20-4-2-5-20)16-19-15-33-8-7-17(13-22(33)29-19)24-30-31-25(38-24)23(27)28/h1,3,6-8,13-15,20,23H,2,4-5,9-12,16H2. The summed E-state index contributed by atoms with van der Waals surface area (Å²) in [5.74, 6) is -1.41. The van der Waals surface area contributed by atoms with E-state index in [0.29, 0.717) is 49.1 Å². The first-order valence-corrected chi connectivity index (χ1v) is 14.0. The summed E-state index contributed by atoms with van der Waals surface area (Å²) in [5.41, 5.74) is 1.41. The Morgan fingerprint density at radius 1 is 1.08 bits per heavy atom.